The number of hydrogen-bond acceptors (Lipinski definition) is 5. The molecule has 0 saturated carbocycles. The van der Waals surface area contributed by atoms with Crippen LogP contribution in [0.4, 0.5) is 10.3 Å². The van der Waals surface area contributed by atoms with E-state index in [1.54, 1.807) is 6.07 Å². The molecule has 94 valence electrons. The van der Waals surface area contributed by atoms with E-state index in [1.165, 1.54) is 18.3 Å². The highest BCUT2D eigenvalue weighted by Crippen LogP contribution is 2.31. The van der Waals surface area contributed by atoms with Crippen molar-refractivity contribution in [2.45, 2.75) is 0 Å². The third kappa shape index (κ3) is 2.69. The second-order valence-electron chi connectivity index (χ2n) is 3.15. The van der Waals surface area contributed by atoms with Crippen LogP contribution in [0.3, 0.4) is 0 Å². The highest BCUT2D eigenvalue weighted by molar-refractivity contribution is 9.10. The average Bonchev–Trinajstić information content (AvgIpc) is 2.37. The monoisotopic (exact) mass is 332 g/mol. The second-order valence-corrected chi connectivity index (χ2v) is 4.41. The number of benzene rings is 1. The molecule has 1 aromatic carbocycles. The van der Waals surface area contributed by atoms with Gasteiger partial charge >= 0.3 is 0 Å². The van der Waals surface area contributed by atoms with Crippen LogP contribution in [0.5, 0.6) is 11.6 Å². The first-order chi connectivity index (χ1) is 8.61. The summed E-state index contributed by atoms with van der Waals surface area (Å²) in [6.45, 7) is 0. The Morgan fingerprint density at radius 2 is 2.22 bits per heavy atom. The number of rotatable bonds is 3. The first-order valence-corrected chi connectivity index (χ1v) is 5.90. The number of nitrogens with one attached hydrogen (secondary N) is 1. The van der Waals surface area contributed by atoms with Gasteiger partial charge in [-0.1, -0.05) is 17.7 Å². The lowest BCUT2D eigenvalue weighted by Crippen LogP contribution is -2.10. The third-order valence-electron chi connectivity index (χ3n) is 1.96. The molecule has 0 aliphatic rings. The number of nitrogen functional groups attached to an aromatic ring is 1. The second kappa shape index (κ2) is 5.47. The quantitative estimate of drug-likeness (QED) is 0.667. The first-order valence-electron chi connectivity index (χ1n) is 4.73. The van der Waals surface area contributed by atoms with Gasteiger partial charge in [0.1, 0.15) is 0 Å². The number of anilines is 1. The fourth-order valence-corrected chi connectivity index (χ4v) is 1.60. The number of nitrogens with two attached hydrogens (primary N) is 1. The SMILES string of the molecule is NNc1ncc(Br)c(Oc2cccc(Cl)c2F)n1. The van der Waals surface area contributed by atoms with Crippen molar-refractivity contribution in [3.63, 3.8) is 0 Å². The van der Waals surface area contributed by atoms with Crippen LogP contribution < -0.4 is 16.0 Å². The number of hydrazine groups is 1. The molecule has 0 fully saturated rings. The van der Waals surface area contributed by atoms with Gasteiger partial charge in [-0.2, -0.15) is 4.98 Å². The van der Waals surface area contributed by atoms with Crippen LogP contribution in [0, 0.1) is 5.82 Å². The lowest BCUT2D eigenvalue weighted by molar-refractivity contribution is 0.424. The van der Waals surface area contributed by atoms with Crippen LogP contribution in [0.15, 0.2) is 28.9 Å². The Hall–Kier alpha value is -1.44. The number of aromatic nitrogens is 2. The van der Waals surface area contributed by atoms with Gasteiger partial charge in [-0.25, -0.2) is 15.2 Å². The van der Waals surface area contributed by atoms with E-state index in [1.807, 2.05) is 0 Å². The molecule has 1 aromatic heterocycles. The highest BCUT2D eigenvalue weighted by atomic mass is 79.9. The summed E-state index contributed by atoms with van der Waals surface area (Å²) >= 11 is 8.83. The molecule has 3 N–H and O–H groups in total. The van der Waals surface area contributed by atoms with E-state index in [4.69, 9.17) is 22.2 Å². The van der Waals surface area contributed by atoms with Crippen molar-refractivity contribution in [1.29, 1.82) is 0 Å². The Morgan fingerprint density at radius 3 is 2.94 bits per heavy atom. The van der Waals surface area contributed by atoms with E-state index in [-0.39, 0.29) is 22.6 Å². The van der Waals surface area contributed by atoms with Crippen molar-refractivity contribution in [2.75, 3.05) is 5.43 Å². The van der Waals surface area contributed by atoms with Crippen molar-refractivity contribution in [3.05, 3.63) is 39.7 Å². The van der Waals surface area contributed by atoms with Crippen LogP contribution in [0.1, 0.15) is 0 Å². The Labute approximate surface area is 115 Å². The lowest BCUT2D eigenvalue weighted by atomic mass is 10.3. The van der Waals surface area contributed by atoms with E-state index in [0.29, 0.717) is 4.47 Å². The molecule has 2 rings (SSSR count). The summed E-state index contributed by atoms with van der Waals surface area (Å²) in [6.07, 6.45) is 1.43. The maximum atomic E-state index is 13.6. The predicted molar refractivity (Wildman–Crippen MR) is 69.0 cm³/mol. The van der Waals surface area contributed by atoms with Crippen LogP contribution in [-0.4, -0.2) is 9.97 Å². The Morgan fingerprint density at radius 1 is 1.44 bits per heavy atom. The van der Waals surface area contributed by atoms with Crippen molar-refractivity contribution >= 4 is 33.5 Å². The van der Waals surface area contributed by atoms with Gasteiger partial charge in [0.2, 0.25) is 11.8 Å². The molecule has 5 nitrogen and oxygen atoms in total. The zero-order valence-corrected chi connectivity index (χ0v) is 11.2. The van der Waals surface area contributed by atoms with Gasteiger partial charge in [-0.15, -0.1) is 0 Å². The highest BCUT2D eigenvalue weighted by Gasteiger charge is 2.12. The van der Waals surface area contributed by atoms with E-state index >= 15 is 0 Å². The summed E-state index contributed by atoms with van der Waals surface area (Å²) < 4.78 is 19.4. The maximum Gasteiger partial charge on any atom is 0.240 e. The van der Waals surface area contributed by atoms with Gasteiger partial charge in [-0.3, -0.25) is 5.43 Å². The van der Waals surface area contributed by atoms with Gasteiger partial charge in [0.15, 0.2) is 11.6 Å². The summed E-state index contributed by atoms with van der Waals surface area (Å²) in [6, 6.07) is 4.43. The van der Waals surface area contributed by atoms with Crippen LogP contribution in [-0.2, 0) is 0 Å². The molecule has 0 unspecified atom stereocenters. The lowest BCUT2D eigenvalue weighted by Gasteiger charge is -2.08. The topological polar surface area (TPSA) is 73.1 Å². The summed E-state index contributed by atoms with van der Waals surface area (Å²) in [5.74, 6) is 4.75. The Bertz CT molecular complexity index is 584. The molecule has 0 radical (unpaired) electrons. The molecular formula is C10H7BrClFN4O. The van der Waals surface area contributed by atoms with E-state index < -0.39 is 5.82 Å². The number of halogens is 3. The molecule has 0 bridgehead atoms. The largest absolute Gasteiger partial charge is 0.435 e. The molecule has 0 saturated heterocycles. The molecule has 0 aliphatic heterocycles. The first kappa shape index (κ1) is 13.0. The van der Waals surface area contributed by atoms with Crippen molar-refractivity contribution in [1.82, 2.24) is 9.97 Å². The molecule has 18 heavy (non-hydrogen) atoms. The number of hydrogen-bond donors (Lipinski definition) is 2. The minimum Gasteiger partial charge on any atom is -0.435 e. The van der Waals surface area contributed by atoms with Crippen LogP contribution in [0.2, 0.25) is 5.02 Å². The summed E-state index contributed by atoms with van der Waals surface area (Å²) in [5, 5.41) is -0.0325. The standard InChI is InChI=1S/C10H7BrClFN4O/c11-5-4-15-10(17-14)16-9(5)18-7-3-1-2-6(12)8(7)13/h1-4H,14H2,(H,15,16,17). The van der Waals surface area contributed by atoms with E-state index in [0.717, 1.165) is 0 Å². The molecule has 0 spiro atoms. The normalized spacial score (nSPS) is 10.2. The van der Waals surface area contributed by atoms with Crippen molar-refractivity contribution in [2.24, 2.45) is 5.84 Å². The van der Waals surface area contributed by atoms with Gasteiger partial charge in [0, 0.05) is 0 Å². The minimum atomic E-state index is -0.660. The molecule has 0 amide bonds. The van der Waals surface area contributed by atoms with Crippen molar-refractivity contribution < 1.29 is 9.13 Å². The summed E-state index contributed by atoms with van der Waals surface area (Å²) in [4.78, 5) is 7.78. The molecule has 0 aliphatic carbocycles. The van der Waals surface area contributed by atoms with E-state index in [9.17, 15) is 4.39 Å². The smallest absolute Gasteiger partial charge is 0.240 e. The average molecular weight is 334 g/mol. The number of nitrogens with zero attached hydrogens (tertiary/aromatic N) is 2. The molecule has 0 atom stereocenters. The van der Waals surface area contributed by atoms with E-state index in [2.05, 4.69) is 31.3 Å². The fraction of sp³-hybridized carbons (Fsp3) is 0. The molecule has 1 heterocycles. The molecule has 2 aromatic rings. The maximum absolute atomic E-state index is 13.6. The van der Waals surface area contributed by atoms with Gasteiger partial charge in [0.05, 0.1) is 15.7 Å². The number of ether oxygens (including phenoxy) is 1. The van der Waals surface area contributed by atoms with Crippen LogP contribution in [0.25, 0.3) is 0 Å². The predicted octanol–water partition coefficient (Wildman–Crippen LogP) is 3.11. The van der Waals surface area contributed by atoms with Crippen molar-refractivity contribution in [3.8, 4) is 11.6 Å². The van der Waals surface area contributed by atoms with Gasteiger partial charge in [0.25, 0.3) is 0 Å². The summed E-state index contributed by atoms with van der Waals surface area (Å²) in [7, 11) is 0. The third-order valence-corrected chi connectivity index (χ3v) is 2.80. The van der Waals surface area contributed by atoms with Crippen LogP contribution >= 0.6 is 27.5 Å². The Balaban J connectivity index is 2.36. The summed E-state index contributed by atoms with van der Waals surface area (Å²) in [5.41, 5.74) is 2.26. The molecule has 8 heteroatoms. The Kier molecular flexibility index (Phi) is 3.95. The molecular weight excluding hydrogens is 326 g/mol. The fourth-order valence-electron chi connectivity index (χ4n) is 1.16. The van der Waals surface area contributed by atoms with Gasteiger partial charge < -0.3 is 4.74 Å². The zero-order chi connectivity index (χ0) is 13.1. The zero-order valence-electron chi connectivity index (χ0n) is 8.82. The minimum absolute atomic E-state index is 0.0325. The van der Waals surface area contributed by atoms with Gasteiger partial charge in [-0.05, 0) is 28.1 Å².